The molecule has 0 saturated carbocycles. The number of hydrogen-bond acceptors (Lipinski definition) is 2. The number of primary amides is 1. The predicted molar refractivity (Wildman–Crippen MR) is 23.6 cm³/mol. The first-order chi connectivity index (χ1) is 3.27. The van der Waals surface area contributed by atoms with E-state index in [-0.39, 0.29) is 0 Å². The highest BCUT2D eigenvalue weighted by molar-refractivity contribution is 5.72. The van der Waals surface area contributed by atoms with Gasteiger partial charge >= 0.3 is 6.03 Å². The summed E-state index contributed by atoms with van der Waals surface area (Å²) in [4.78, 5) is 9.68. The Labute approximate surface area is 40.4 Å². The molecule has 39 valence electrons. The second-order valence-electron chi connectivity index (χ2n) is 0.739. The number of nitrogens with one attached hydrogen (secondary N) is 3. The van der Waals surface area contributed by atoms with E-state index in [1.165, 1.54) is 0 Å². The van der Waals surface area contributed by atoms with Gasteiger partial charge in [-0.1, -0.05) is 0 Å². The maximum atomic E-state index is 9.68. The standard InChI is InChI=1S/C2H5N4O/c3-1-5-6-2(4)7/h(H2,3,5)(H3,4,6,7). The fraction of sp³-hybridized carbons (Fsp3) is 0. The van der Waals surface area contributed by atoms with Gasteiger partial charge < -0.3 is 5.73 Å². The average molecular weight is 101 g/mol. The zero-order valence-electron chi connectivity index (χ0n) is 3.49. The van der Waals surface area contributed by atoms with E-state index in [1.807, 2.05) is 10.9 Å². The molecule has 0 atom stereocenters. The van der Waals surface area contributed by atoms with Crippen LogP contribution in [0.25, 0.3) is 0 Å². The summed E-state index contributed by atoms with van der Waals surface area (Å²) in [5.74, 6) is 0. The largest absolute Gasteiger partial charge is 0.350 e. The Morgan fingerprint density at radius 2 is 2.43 bits per heavy atom. The zero-order valence-corrected chi connectivity index (χ0v) is 3.49. The van der Waals surface area contributed by atoms with Crippen molar-refractivity contribution in [1.82, 2.24) is 10.9 Å². The number of amides is 2. The molecule has 0 aromatic carbocycles. The Morgan fingerprint density at radius 1 is 1.86 bits per heavy atom. The molecule has 0 aromatic heterocycles. The van der Waals surface area contributed by atoms with Crippen LogP contribution in [0, 0.1) is 5.41 Å². The summed E-state index contributed by atoms with van der Waals surface area (Å²) in [5.41, 5.74) is 8.37. The number of urea groups is 1. The smallest absolute Gasteiger partial charge is 0.330 e. The minimum atomic E-state index is -0.736. The van der Waals surface area contributed by atoms with Crippen LogP contribution in [-0.4, -0.2) is 12.4 Å². The molecule has 5 N–H and O–H groups in total. The van der Waals surface area contributed by atoms with Gasteiger partial charge in [-0.05, 0) is 0 Å². The normalized spacial score (nSPS) is 6.86. The first-order valence-corrected chi connectivity index (χ1v) is 1.49. The van der Waals surface area contributed by atoms with E-state index in [0.717, 1.165) is 0 Å². The number of carbonyl (C=O) groups is 1. The van der Waals surface area contributed by atoms with Crippen LogP contribution in [0.2, 0.25) is 0 Å². The van der Waals surface area contributed by atoms with Crippen LogP contribution in [0.1, 0.15) is 0 Å². The Balaban J connectivity index is 2.97. The first kappa shape index (κ1) is 5.74. The van der Waals surface area contributed by atoms with Gasteiger partial charge in [-0.3, -0.25) is 16.3 Å². The van der Waals surface area contributed by atoms with Crippen molar-refractivity contribution in [2.24, 2.45) is 5.73 Å². The SMILES string of the molecule is N=[C]NNC(N)=O. The van der Waals surface area contributed by atoms with Gasteiger partial charge in [0.2, 0.25) is 0 Å². The maximum Gasteiger partial charge on any atom is 0.330 e. The van der Waals surface area contributed by atoms with Gasteiger partial charge in [0.25, 0.3) is 0 Å². The Kier molecular flexibility index (Phi) is 2.42. The van der Waals surface area contributed by atoms with Crippen LogP contribution in [0.4, 0.5) is 4.79 Å². The van der Waals surface area contributed by atoms with Crippen LogP contribution in [0.3, 0.4) is 0 Å². The average Bonchev–Trinajstić information content (AvgIpc) is 1.61. The third-order valence-corrected chi connectivity index (χ3v) is 0.248. The lowest BCUT2D eigenvalue weighted by Crippen LogP contribution is -2.39. The van der Waals surface area contributed by atoms with Crippen LogP contribution in [0.5, 0.6) is 0 Å². The summed E-state index contributed by atoms with van der Waals surface area (Å²) in [6.07, 6.45) is 1.69. The Hall–Kier alpha value is -1.26. The summed E-state index contributed by atoms with van der Waals surface area (Å²) >= 11 is 0. The minimum absolute atomic E-state index is 0.736. The van der Waals surface area contributed by atoms with E-state index < -0.39 is 6.03 Å². The highest BCUT2D eigenvalue weighted by atomic mass is 16.2. The third kappa shape index (κ3) is 4.74. The summed E-state index contributed by atoms with van der Waals surface area (Å²) in [5, 5.41) is 6.16. The van der Waals surface area contributed by atoms with Crippen LogP contribution in [-0.2, 0) is 0 Å². The Bertz CT molecular complexity index is 79.8. The van der Waals surface area contributed by atoms with E-state index in [4.69, 9.17) is 5.41 Å². The fourth-order valence-electron chi connectivity index (χ4n) is 0.0928. The molecule has 0 heterocycles. The number of hydrogen-bond donors (Lipinski definition) is 4. The van der Waals surface area contributed by atoms with Crippen molar-refractivity contribution in [3.05, 3.63) is 0 Å². The molecule has 0 aliphatic heterocycles. The first-order valence-electron chi connectivity index (χ1n) is 1.49. The molecule has 0 unspecified atom stereocenters. The molecule has 0 aliphatic carbocycles. The summed E-state index contributed by atoms with van der Waals surface area (Å²) < 4.78 is 0. The molecule has 2 amide bonds. The van der Waals surface area contributed by atoms with Gasteiger partial charge in [-0.2, -0.15) is 0 Å². The predicted octanol–water partition coefficient (Wildman–Crippen LogP) is -1.36. The highest BCUT2D eigenvalue weighted by Gasteiger charge is 1.80. The molecule has 5 nitrogen and oxygen atoms in total. The summed E-state index contributed by atoms with van der Waals surface area (Å²) in [7, 11) is 0. The number of hydrazine groups is 1. The summed E-state index contributed by atoms with van der Waals surface area (Å²) in [6, 6.07) is -0.736. The van der Waals surface area contributed by atoms with Gasteiger partial charge in [-0.15, -0.1) is 0 Å². The lowest BCUT2D eigenvalue weighted by atomic mass is 11.1. The van der Waals surface area contributed by atoms with Gasteiger partial charge in [0.15, 0.2) is 6.34 Å². The number of carbonyl (C=O) groups excluding carboxylic acids is 1. The zero-order chi connectivity index (χ0) is 5.70. The van der Waals surface area contributed by atoms with E-state index in [0.29, 0.717) is 0 Å². The quantitative estimate of drug-likeness (QED) is 0.150. The highest BCUT2D eigenvalue weighted by Crippen LogP contribution is 1.41. The lowest BCUT2D eigenvalue weighted by molar-refractivity contribution is 0.247. The topological polar surface area (TPSA) is 91.0 Å². The molecule has 5 heteroatoms. The minimum Gasteiger partial charge on any atom is -0.350 e. The maximum absolute atomic E-state index is 9.68. The molecule has 0 aliphatic rings. The molecular weight excluding hydrogens is 96.0 g/mol. The number of nitrogens with two attached hydrogens (primary N) is 1. The van der Waals surface area contributed by atoms with Crippen molar-refractivity contribution in [2.45, 2.75) is 0 Å². The van der Waals surface area contributed by atoms with E-state index in [2.05, 4.69) is 5.73 Å². The molecule has 0 fully saturated rings. The van der Waals surface area contributed by atoms with Gasteiger partial charge in [-0.25, -0.2) is 4.79 Å². The number of rotatable bonds is 2. The van der Waals surface area contributed by atoms with Crippen LogP contribution >= 0.6 is 0 Å². The van der Waals surface area contributed by atoms with Crippen LogP contribution < -0.4 is 16.6 Å². The van der Waals surface area contributed by atoms with Gasteiger partial charge in [0, 0.05) is 0 Å². The van der Waals surface area contributed by atoms with E-state index >= 15 is 0 Å². The van der Waals surface area contributed by atoms with E-state index in [9.17, 15) is 4.79 Å². The second-order valence-corrected chi connectivity index (χ2v) is 0.739. The molecule has 0 aromatic rings. The van der Waals surface area contributed by atoms with Gasteiger partial charge in [0.1, 0.15) is 0 Å². The van der Waals surface area contributed by atoms with Crippen molar-refractivity contribution >= 4 is 12.4 Å². The molecule has 0 saturated heterocycles. The third-order valence-electron chi connectivity index (χ3n) is 0.248. The van der Waals surface area contributed by atoms with Crippen LogP contribution in [0.15, 0.2) is 0 Å². The van der Waals surface area contributed by atoms with Crippen molar-refractivity contribution < 1.29 is 4.79 Å². The van der Waals surface area contributed by atoms with Crippen molar-refractivity contribution in [2.75, 3.05) is 0 Å². The fourth-order valence-corrected chi connectivity index (χ4v) is 0.0928. The molecule has 0 bridgehead atoms. The van der Waals surface area contributed by atoms with Crippen molar-refractivity contribution in [3.63, 3.8) is 0 Å². The van der Waals surface area contributed by atoms with Crippen molar-refractivity contribution in [3.8, 4) is 0 Å². The second kappa shape index (κ2) is 2.95. The molecule has 7 heavy (non-hydrogen) atoms. The monoisotopic (exact) mass is 101 g/mol. The molecular formula is C2H5N4O. The molecule has 0 spiro atoms. The molecule has 0 rings (SSSR count). The van der Waals surface area contributed by atoms with Crippen molar-refractivity contribution in [1.29, 1.82) is 5.41 Å². The molecule has 1 radical (unpaired) electrons. The lowest BCUT2D eigenvalue weighted by Gasteiger charge is -1.92. The van der Waals surface area contributed by atoms with Gasteiger partial charge in [0.05, 0.1) is 0 Å². The van der Waals surface area contributed by atoms with E-state index in [1.54, 1.807) is 6.34 Å². The Morgan fingerprint density at radius 3 is 2.57 bits per heavy atom. The summed E-state index contributed by atoms with van der Waals surface area (Å²) in [6.45, 7) is 0.